The van der Waals surface area contributed by atoms with Crippen LogP contribution in [0.2, 0.25) is 0 Å². The van der Waals surface area contributed by atoms with Gasteiger partial charge in [-0.3, -0.25) is 38.0 Å². The van der Waals surface area contributed by atoms with Crippen molar-refractivity contribution in [3.8, 4) is 17.1 Å². The van der Waals surface area contributed by atoms with E-state index >= 15 is 0 Å². The smallest absolute Gasteiger partial charge is 0.332 e. The molecule has 0 unspecified atom stereocenters. The summed E-state index contributed by atoms with van der Waals surface area (Å²) >= 11 is 0. The summed E-state index contributed by atoms with van der Waals surface area (Å²) in [5.74, 6) is -0.490. The normalized spacial score (nSPS) is 12.7. The lowest BCUT2D eigenvalue weighted by Crippen LogP contribution is -2.40. The maximum absolute atomic E-state index is 13.0. The molecule has 0 fully saturated rings. The number of aromatic amines is 1. The van der Waals surface area contributed by atoms with Crippen molar-refractivity contribution in [1.29, 1.82) is 0 Å². The first-order valence-corrected chi connectivity index (χ1v) is 14.3. The summed E-state index contributed by atoms with van der Waals surface area (Å²) in [6.45, 7) is 4.98. The number of amides is 4. The Kier molecular flexibility index (Phi) is 10.3. The summed E-state index contributed by atoms with van der Waals surface area (Å²) in [6, 6.07) is 6.81. The fourth-order valence-electron chi connectivity index (χ4n) is 4.60. The van der Waals surface area contributed by atoms with Crippen LogP contribution in [0.4, 0.5) is 0 Å². The largest absolute Gasteiger partial charge is 0.484 e. The van der Waals surface area contributed by atoms with Crippen LogP contribution in [0, 0.1) is 0 Å². The van der Waals surface area contributed by atoms with Gasteiger partial charge >= 0.3 is 5.69 Å². The predicted octanol–water partition coefficient (Wildman–Crippen LogP) is 0.690. The third kappa shape index (κ3) is 7.45. The van der Waals surface area contributed by atoms with Gasteiger partial charge in [-0.2, -0.15) is 0 Å². The number of carbonyl (C=O) groups excluding carboxylic acids is 4. The highest BCUT2D eigenvalue weighted by molar-refractivity contribution is 6.12. The molecule has 4 rings (SSSR count). The highest BCUT2D eigenvalue weighted by Gasteiger charge is 2.22. The molecule has 1 aliphatic heterocycles. The summed E-state index contributed by atoms with van der Waals surface area (Å²) < 4.78 is 8.31. The number of aromatic nitrogens is 4. The van der Waals surface area contributed by atoms with E-state index in [0.717, 1.165) is 4.90 Å². The van der Waals surface area contributed by atoms with Gasteiger partial charge in [-0.1, -0.05) is 13.8 Å². The number of ether oxygens (including phenoxy) is 1. The molecule has 3 N–H and O–H groups in total. The van der Waals surface area contributed by atoms with E-state index in [1.807, 2.05) is 13.8 Å². The number of imide groups is 1. The van der Waals surface area contributed by atoms with Gasteiger partial charge in [0, 0.05) is 56.9 Å². The predicted molar refractivity (Wildman–Crippen MR) is 157 cm³/mol. The lowest BCUT2D eigenvalue weighted by molar-refractivity contribution is -0.137. The van der Waals surface area contributed by atoms with Crippen LogP contribution in [-0.2, 0) is 32.3 Å². The SMILES string of the molecule is CCCn1c(=O)c2[nH]c(-c3ccc(OCC(=O)NCCNC(=O)CCCN4C(=O)C=CC4=O)cc3)nc2n(CCC)c1=O. The molecule has 14 heteroatoms. The molecule has 1 aliphatic rings. The standard InChI is InChI=1S/C29H35N7O7/c1-3-15-35-27-25(28(41)36(16-4-2)29(35)42)32-26(33-27)19-7-9-20(10-8-19)43-18-22(38)31-14-13-30-21(37)6-5-17-34-23(39)11-12-24(34)40/h7-12H,3-6,13-18H2,1-2H3,(H,30,37)(H,31,38)(H,32,33). The minimum absolute atomic E-state index is 0.146. The van der Waals surface area contributed by atoms with Crippen molar-refractivity contribution in [2.75, 3.05) is 26.2 Å². The summed E-state index contributed by atoms with van der Waals surface area (Å²) in [7, 11) is 0. The first-order chi connectivity index (χ1) is 20.7. The van der Waals surface area contributed by atoms with E-state index in [4.69, 9.17) is 4.74 Å². The van der Waals surface area contributed by atoms with Crippen molar-refractivity contribution in [3.63, 3.8) is 0 Å². The minimum Gasteiger partial charge on any atom is -0.484 e. The van der Waals surface area contributed by atoms with E-state index in [0.29, 0.717) is 55.1 Å². The average Bonchev–Trinajstić information content (AvgIpc) is 3.58. The number of imidazole rings is 1. The Labute approximate surface area is 246 Å². The second-order valence-electron chi connectivity index (χ2n) is 9.95. The van der Waals surface area contributed by atoms with Crippen molar-refractivity contribution in [3.05, 3.63) is 57.3 Å². The molecule has 0 atom stereocenters. The number of rotatable bonds is 15. The summed E-state index contributed by atoms with van der Waals surface area (Å²) in [4.78, 5) is 81.6. The Bertz CT molecular complexity index is 1630. The molecular formula is C29H35N7O7. The molecule has 4 amide bonds. The monoisotopic (exact) mass is 593 g/mol. The van der Waals surface area contributed by atoms with E-state index in [-0.39, 0.29) is 67.5 Å². The van der Waals surface area contributed by atoms with Crippen molar-refractivity contribution in [2.45, 2.75) is 52.6 Å². The highest BCUT2D eigenvalue weighted by Crippen LogP contribution is 2.22. The number of nitrogens with zero attached hydrogens (tertiary/aromatic N) is 4. The van der Waals surface area contributed by atoms with Gasteiger partial charge in [0.25, 0.3) is 23.3 Å². The van der Waals surface area contributed by atoms with E-state index in [1.165, 1.54) is 21.3 Å². The van der Waals surface area contributed by atoms with Crippen LogP contribution in [0.1, 0.15) is 39.5 Å². The zero-order valence-electron chi connectivity index (χ0n) is 24.2. The molecule has 0 saturated heterocycles. The van der Waals surface area contributed by atoms with E-state index in [9.17, 15) is 28.8 Å². The van der Waals surface area contributed by atoms with Gasteiger partial charge in [-0.05, 0) is 43.5 Å². The number of fused-ring (bicyclic) bond motifs is 1. The molecule has 14 nitrogen and oxygen atoms in total. The molecule has 3 heterocycles. The minimum atomic E-state index is -0.399. The molecule has 2 aromatic heterocycles. The highest BCUT2D eigenvalue weighted by atomic mass is 16.5. The van der Waals surface area contributed by atoms with Gasteiger partial charge in [0.05, 0.1) is 0 Å². The number of hydrogen-bond donors (Lipinski definition) is 3. The third-order valence-electron chi connectivity index (χ3n) is 6.71. The lowest BCUT2D eigenvalue weighted by Gasteiger charge is -2.13. The van der Waals surface area contributed by atoms with Crippen molar-refractivity contribution in [2.24, 2.45) is 0 Å². The molecule has 0 spiro atoms. The Balaban J connectivity index is 1.23. The van der Waals surface area contributed by atoms with Gasteiger partial charge in [-0.15, -0.1) is 0 Å². The van der Waals surface area contributed by atoms with Crippen LogP contribution in [0.25, 0.3) is 22.6 Å². The maximum Gasteiger partial charge on any atom is 0.332 e. The number of carbonyl (C=O) groups is 4. The maximum atomic E-state index is 13.0. The van der Waals surface area contributed by atoms with Crippen LogP contribution in [0.3, 0.4) is 0 Å². The number of nitrogens with one attached hydrogen (secondary N) is 3. The Hall–Kier alpha value is -5.01. The van der Waals surface area contributed by atoms with Crippen LogP contribution in [0.5, 0.6) is 5.75 Å². The van der Waals surface area contributed by atoms with Gasteiger partial charge in [0.1, 0.15) is 17.1 Å². The third-order valence-corrected chi connectivity index (χ3v) is 6.71. The van der Waals surface area contributed by atoms with Crippen LogP contribution >= 0.6 is 0 Å². The molecule has 0 saturated carbocycles. The molecule has 0 aliphatic carbocycles. The van der Waals surface area contributed by atoms with Crippen LogP contribution < -0.4 is 26.6 Å². The second-order valence-corrected chi connectivity index (χ2v) is 9.95. The van der Waals surface area contributed by atoms with E-state index < -0.39 is 5.56 Å². The number of H-pyrrole nitrogens is 1. The topological polar surface area (TPSA) is 177 Å². The van der Waals surface area contributed by atoms with E-state index in [1.54, 1.807) is 24.3 Å². The first kappa shape index (κ1) is 30.9. The van der Waals surface area contributed by atoms with E-state index in [2.05, 4.69) is 20.6 Å². The summed E-state index contributed by atoms with van der Waals surface area (Å²) in [6.07, 6.45) is 4.25. The van der Waals surface area contributed by atoms with Crippen molar-refractivity contribution < 1.29 is 23.9 Å². The average molecular weight is 594 g/mol. The van der Waals surface area contributed by atoms with Crippen molar-refractivity contribution >= 4 is 34.8 Å². The quantitative estimate of drug-likeness (QED) is 0.170. The number of hydrogen-bond acceptors (Lipinski definition) is 8. The summed E-state index contributed by atoms with van der Waals surface area (Å²) in [5.41, 5.74) is 0.504. The number of aryl methyl sites for hydroxylation is 1. The molecule has 0 bridgehead atoms. The molecule has 228 valence electrons. The molecule has 3 aromatic rings. The first-order valence-electron chi connectivity index (χ1n) is 14.3. The fraction of sp³-hybridized carbons (Fsp3) is 0.414. The molecule has 1 aromatic carbocycles. The lowest BCUT2D eigenvalue weighted by atomic mass is 10.2. The molecule has 43 heavy (non-hydrogen) atoms. The zero-order chi connectivity index (χ0) is 30.9. The van der Waals surface area contributed by atoms with Crippen molar-refractivity contribution in [1.82, 2.24) is 34.6 Å². The summed E-state index contributed by atoms with van der Waals surface area (Å²) in [5, 5.41) is 5.32. The van der Waals surface area contributed by atoms with Gasteiger partial charge < -0.3 is 20.4 Å². The Morgan fingerprint density at radius 1 is 0.860 bits per heavy atom. The van der Waals surface area contributed by atoms with Gasteiger partial charge in [0.2, 0.25) is 5.91 Å². The number of benzene rings is 1. The zero-order valence-corrected chi connectivity index (χ0v) is 24.2. The Morgan fingerprint density at radius 2 is 1.49 bits per heavy atom. The second kappa shape index (κ2) is 14.2. The molecular weight excluding hydrogens is 558 g/mol. The van der Waals surface area contributed by atoms with Gasteiger partial charge in [0.15, 0.2) is 12.3 Å². The Morgan fingerprint density at radius 3 is 2.14 bits per heavy atom. The van der Waals surface area contributed by atoms with Crippen LogP contribution in [-0.4, -0.2) is 73.9 Å². The van der Waals surface area contributed by atoms with Gasteiger partial charge in [-0.25, -0.2) is 9.78 Å². The molecule has 0 radical (unpaired) electrons. The fourth-order valence-corrected chi connectivity index (χ4v) is 4.60. The van der Waals surface area contributed by atoms with Crippen LogP contribution in [0.15, 0.2) is 46.0 Å².